The Kier molecular flexibility index (Phi) is 4.88. The number of alkyl halides is 3. The highest BCUT2D eigenvalue weighted by Crippen LogP contribution is 2.34. The van der Waals surface area contributed by atoms with Gasteiger partial charge in [0.25, 0.3) is 0 Å². The van der Waals surface area contributed by atoms with Crippen LogP contribution in [0.25, 0.3) is 28.2 Å². The number of hydrogen-bond donors (Lipinski definition) is 1. The van der Waals surface area contributed by atoms with Gasteiger partial charge in [0.05, 0.1) is 23.7 Å². The smallest absolute Gasteiger partial charge is 0.416 e. The monoisotopic (exact) mass is 449 g/mol. The van der Waals surface area contributed by atoms with Gasteiger partial charge in [-0.3, -0.25) is 4.40 Å². The van der Waals surface area contributed by atoms with Crippen molar-refractivity contribution in [3.63, 3.8) is 0 Å². The summed E-state index contributed by atoms with van der Waals surface area (Å²) in [6.07, 6.45) is 2.11. The van der Waals surface area contributed by atoms with E-state index in [-0.39, 0.29) is 0 Å². The number of nitrogens with one attached hydrogen (secondary N) is 1. The standard InChI is InChI=1S/C24H18F3N5O/c1-14-3-6-17(24(25,26)27)9-19(14)21-12-32-13-28-10-20(23(32)31-21)30-18-7-4-16(5-8-18)22-11-29-15(2)33-22/h3-13,30H,1-2H3. The SMILES string of the molecule is Cc1ncc(-c2ccc(Nc3cncn4cc(-c5cc(C(F)(F)F)ccc5C)nc34)cc2)o1. The molecule has 1 N–H and O–H groups in total. The molecule has 33 heavy (non-hydrogen) atoms. The summed E-state index contributed by atoms with van der Waals surface area (Å²) in [6, 6.07) is 11.2. The first-order valence-corrected chi connectivity index (χ1v) is 10.1. The fourth-order valence-electron chi connectivity index (χ4n) is 3.58. The van der Waals surface area contributed by atoms with E-state index in [9.17, 15) is 13.2 Å². The molecule has 0 unspecified atom stereocenters. The number of halogens is 3. The van der Waals surface area contributed by atoms with E-state index in [1.54, 1.807) is 43.2 Å². The molecule has 3 heterocycles. The quantitative estimate of drug-likeness (QED) is 0.342. The fourth-order valence-corrected chi connectivity index (χ4v) is 3.58. The van der Waals surface area contributed by atoms with Crippen LogP contribution in [0.4, 0.5) is 24.5 Å². The van der Waals surface area contributed by atoms with E-state index >= 15 is 0 Å². The summed E-state index contributed by atoms with van der Waals surface area (Å²) in [5.74, 6) is 1.27. The molecule has 5 aromatic rings. The van der Waals surface area contributed by atoms with Gasteiger partial charge in [0.1, 0.15) is 12.0 Å². The lowest BCUT2D eigenvalue weighted by atomic mass is 10.0. The predicted octanol–water partition coefficient (Wildman–Crippen LogP) is 6.43. The third kappa shape index (κ3) is 4.05. The maximum Gasteiger partial charge on any atom is 0.416 e. The highest BCUT2D eigenvalue weighted by Gasteiger charge is 2.31. The first kappa shape index (κ1) is 20.7. The maximum atomic E-state index is 13.2. The van der Waals surface area contributed by atoms with E-state index in [1.807, 2.05) is 24.3 Å². The molecule has 3 aromatic heterocycles. The second kappa shape index (κ2) is 7.77. The van der Waals surface area contributed by atoms with Crippen LogP contribution in [0.5, 0.6) is 0 Å². The first-order valence-electron chi connectivity index (χ1n) is 10.1. The lowest BCUT2D eigenvalue weighted by Gasteiger charge is -2.10. The summed E-state index contributed by atoms with van der Waals surface area (Å²) in [6.45, 7) is 3.54. The molecule has 0 bridgehead atoms. The summed E-state index contributed by atoms with van der Waals surface area (Å²) in [7, 11) is 0. The van der Waals surface area contributed by atoms with E-state index in [4.69, 9.17) is 4.42 Å². The topological polar surface area (TPSA) is 68.2 Å². The van der Waals surface area contributed by atoms with Crippen molar-refractivity contribution in [2.24, 2.45) is 0 Å². The third-order valence-electron chi connectivity index (χ3n) is 5.28. The van der Waals surface area contributed by atoms with Crippen molar-refractivity contribution in [2.75, 3.05) is 5.32 Å². The number of imidazole rings is 1. The van der Waals surface area contributed by atoms with E-state index < -0.39 is 11.7 Å². The van der Waals surface area contributed by atoms with Gasteiger partial charge < -0.3 is 9.73 Å². The zero-order valence-electron chi connectivity index (χ0n) is 17.7. The molecule has 166 valence electrons. The lowest BCUT2D eigenvalue weighted by Crippen LogP contribution is -2.05. The van der Waals surface area contributed by atoms with E-state index in [0.717, 1.165) is 23.4 Å². The van der Waals surface area contributed by atoms with Gasteiger partial charge in [-0.05, 0) is 48.9 Å². The molecule has 0 fully saturated rings. The van der Waals surface area contributed by atoms with E-state index in [1.165, 1.54) is 6.07 Å². The number of rotatable bonds is 4. The number of hydrogen-bond acceptors (Lipinski definition) is 5. The molecule has 0 aliphatic rings. The summed E-state index contributed by atoms with van der Waals surface area (Å²) in [4.78, 5) is 12.9. The van der Waals surface area contributed by atoms with E-state index in [2.05, 4.69) is 20.3 Å². The van der Waals surface area contributed by atoms with Gasteiger partial charge >= 0.3 is 6.18 Å². The molecule has 2 aromatic carbocycles. The molecule has 0 aliphatic heterocycles. The number of benzene rings is 2. The van der Waals surface area contributed by atoms with Crippen molar-refractivity contribution >= 4 is 17.0 Å². The van der Waals surface area contributed by atoms with E-state index in [0.29, 0.717) is 39.8 Å². The average Bonchev–Trinajstić information content (AvgIpc) is 3.41. The van der Waals surface area contributed by atoms with Crippen LogP contribution in [0.1, 0.15) is 17.0 Å². The van der Waals surface area contributed by atoms with Crippen LogP contribution in [0.15, 0.2) is 71.8 Å². The molecule has 9 heteroatoms. The number of fused-ring (bicyclic) bond motifs is 1. The molecule has 0 amide bonds. The molecular weight excluding hydrogens is 431 g/mol. The average molecular weight is 449 g/mol. The van der Waals surface area contributed by atoms with Crippen LogP contribution in [-0.2, 0) is 6.18 Å². The van der Waals surface area contributed by atoms with Crippen molar-refractivity contribution in [3.05, 3.63) is 84.4 Å². The van der Waals surface area contributed by atoms with Crippen LogP contribution < -0.4 is 5.32 Å². The van der Waals surface area contributed by atoms with Gasteiger partial charge in [0, 0.05) is 29.9 Å². The number of aryl methyl sites for hydroxylation is 2. The minimum atomic E-state index is -4.42. The van der Waals surface area contributed by atoms with Crippen molar-refractivity contribution < 1.29 is 17.6 Å². The van der Waals surface area contributed by atoms with Crippen LogP contribution >= 0.6 is 0 Å². The summed E-state index contributed by atoms with van der Waals surface area (Å²) in [5.41, 5.74) is 3.70. The molecule has 5 rings (SSSR count). The number of aromatic nitrogens is 4. The zero-order valence-corrected chi connectivity index (χ0v) is 17.7. The van der Waals surface area contributed by atoms with Gasteiger partial charge in [0.15, 0.2) is 17.3 Å². The second-order valence-corrected chi connectivity index (χ2v) is 7.64. The van der Waals surface area contributed by atoms with Crippen molar-refractivity contribution in [1.29, 1.82) is 0 Å². The Labute approximate surface area is 186 Å². The van der Waals surface area contributed by atoms with Gasteiger partial charge in [-0.2, -0.15) is 13.2 Å². The Morgan fingerprint density at radius 2 is 1.79 bits per heavy atom. The Balaban J connectivity index is 1.48. The van der Waals surface area contributed by atoms with Crippen molar-refractivity contribution in [2.45, 2.75) is 20.0 Å². The second-order valence-electron chi connectivity index (χ2n) is 7.64. The van der Waals surface area contributed by atoms with Gasteiger partial charge in [-0.25, -0.2) is 15.0 Å². The maximum absolute atomic E-state index is 13.2. The lowest BCUT2D eigenvalue weighted by molar-refractivity contribution is -0.137. The number of nitrogens with zero attached hydrogens (tertiary/aromatic N) is 4. The molecule has 0 saturated carbocycles. The number of oxazole rings is 1. The molecule has 0 radical (unpaired) electrons. The van der Waals surface area contributed by atoms with Gasteiger partial charge in [0.2, 0.25) is 0 Å². The molecule has 6 nitrogen and oxygen atoms in total. The number of anilines is 2. The zero-order chi connectivity index (χ0) is 23.2. The van der Waals surface area contributed by atoms with Crippen LogP contribution in [0, 0.1) is 13.8 Å². The summed E-state index contributed by atoms with van der Waals surface area (Å²) >= 11 is 0. The Morgan fingerprint density at radius 3 is 2.48 bits per heavy atom. The van der Waals surface area contributed by atoms with Crippen LogP contribution in [-0.4, -0.2) is 19.4 Å². The fraction of sp³-hybridized carbons (Fsp3) is 0.125. The summed E-state index contributed by atoms with van der Waals surface area (Å²) < 4.78 is 46.9. The highest BCUT2D eigenvalue weighted by molar-refractivity contribution is 5.77. The highest BCUT2D eigenvalue weighted by atomic mass is 19.4. The van der Waals surface area contributed by atoms with Crippen LogP contribution in [0.2, 0.25) is 0 Å². The van der Waals surface area contributed by atoms with Crippen LogP contribution in [0.3, 0.4) is 0 Å². The van der Waals surface area contributed by atoms with Gasteiger partial charge in [-0.1, -0.05) is 6.07 Å². The minimum Gasteiger partial charge on any atom is -0.441 e. The largest absolute Gasteiger partial charge is 0.441 e. The van der Waals surface area contributed by atoms with Crippen molar-refractivity contribution in [3.8, 4) is 22.6 Å². The molecule has 0 saturated heterocycles. The Bertz CT molecular complexity index is 1450. The predicted molar refractivity (Wildman–Crippen MR) is 118 cm³/mol. The normalized spacial score (nSPS) is 11.8. The third-order valence-corrected chi connectivity index (χ3v) is 5.28. The minimum absolute atomic E-state index is 0.422. The Morgan fingerprint density at radius 1 is 1.00 bits per heavy atom. The molecule has 0 spiro atoms. The van der Waals surface area contributed by atoms with Crippen molar-refractivity contribution in [1.82, 2.24) is 19.4 Å². The molecule has 0 atom stereocenters. The molecule has 0 aliphatic carbocycles. The summed E-state index contributed by atoms with van der Waals surface area (Å²) in [5, 5.41) is 3.27. The molecular formula is C24H18F3N5O. The Hall–Kier alpha value is -4.14. The first-order chi connectivity index (χ1) is 15.8. The van der Waals surface area contributed by atoms with Gasteiger partial charge in [-0.15, -0.1) is 0 Å².